The molecule has 0 bridgehead atoms. The Bertz CT molecular complexity index is 1270. The number of halogens is 1. The third-order valence-electron chi connectivity index (χ3n) is 4.82. The lowest BCUT2D eigenvalue weighted by Crippen LogP contribution is -2.11. The van der Waals surface area contributed by atoms with Crippen molar-refractivity contribution >= 4 is 28.9 Å². The molecule has 1 N–H and O–H groups in total. The Kier molecular flexibility index (Phi) is 6.66. The zero-order chi connectivity index (χ0) is 23.2. The van der Waals surface area contributed by atoms with Gasteiger partial charge in [-0.1, -0.05) is 54.1 Å². The molecular formula is C24H19ClN4O4. The molecule has 0 aliphatic heterocycles. The predicted octanol–water partition coefficient (Wildman–Crippen LogP) is 5.32. The maximum Gasteiger partial charge on any atom is 0.271 e. The molecule has 0 unspecified atom stereocenters. The first-order valence-electron chi connectivity index (χ1n) is 10.0. The molecule has 3 aromatic carbocycles. The minimum Gasteiger partial charge on any atom is -0.487 e. The van der Waals surface area contributed by atoms with Crippen molar-refractivity contribution < 1.29 is 14.5 Å². The fourth-order valence-electron chi connectivity index (χ4n) is 3.12. The number of anilines is 1. The van der Waals surface area contributed by atoms with E-state index in [0.29, 0.717) is 23.5 Å². The quantitative estimate of drug-likeness (QED) is 0.282. The van der Waals surface area contributed by atoms with Gasteiger partial charge in [-0.25, -0.2) is 0 Å². The average Bonchev–Trinajstić information content (AvgIpc) is 3.25. The van der Waals surface area contributed by atoms with Crippen LogP contribution in [-0.4, -0.2) is 20.6 Å². The number of nitrogens with one attached hydrogen (secondary N) is 1. The smallest absolute Gasteiger partial charge is 0.271 e. The Hall–Kier alpha value is -4.17. The van der Waals surface area contributed by atoms with E-state index in [4.69, 9.17) is 16.3 Å². The number of carbonyl (C=O) groups is 1. The lowest BCUT2D eigenvalue weighted by Gasteiger charge is -2.09. The summed E-state index contributed by atoms with van der Waals surface area (Å²) in [6.07, 6.45) is 3.39. The molecule has 4 rings (SSSR count). The Labute approximate surface area is 194 Å². The summed E-state index contributed by atoms with van der Waals surface area (Å²) >= 11 is 6.04. The highest BCUT2D eigenvalue weighted by Gasteiger charge is 2.11. The van der Waals surface area contributed by atoms with Gasteiger partial charge in [0.1, 0.15) is 12.4 Å². The molecule has 8 nitrogen and oxygen atoms in total. The number of nitro benzene ring substituents is 1. The zero-order valence-electron chi connectivity index (χ0n) is 17.3. The summed E-state index contributed by atoms with van der Waals surface area (Å²) in [4.78, 5) is 22.8. The highest BCUT2D eigenvalue weighted by molar-refractivity contribution is 6.32. The van der Waals surface area contributed by atoms with Crippen LogP contribution in [0.25, 0.3) is 0 Å². The van der Waals surface area contributed by atoms with Crippen molar-refractivity contribution in [3.63, 3.8) is 0 Å². The molecule has 0 atom stereocenters. The van der Waals surface area contributed by atoms with Crippen molar-refractivity contribution in [1.29, 1.82) is 0 Å². The maximum atomic E-state index is 12.6. The van der Waals surface area contributed by atoms with E-state index in [-0.39, 0.29) is 23.2 Å². The van der Waals surface area contributed by atoms with Crippen molar-refractivity contribution in [2.75, 3.05) is 5.32 Å². The van der Waals surface area contributed by atoms with E-state index in [1.165, 1.54) is 18.2 Å². The van der Waals surface area contributed by atoms with Crippen LogP contribution < -0.4 is 10.1 Å². The number of rotatable bonds is 8. The van der Waals surface area contributed by atoms with Crippen LogP contribution in [0.4, 0.5) is 11.4 Å². The van der Waals surface area contributed by atoms with Gasteiger partial charge in [-0.15, -0.1) is 0 Å². The average molecular weight is 463 g/mol. The molecule has 1 aromatic heterocycles. The molecule has 1 amide bonds. The maximum absolute atomic E-state index is 12.6. The van der Waals surface area contributed by atoms with Crippen LogP contribution in [0.15, 0.2) is 85.2 Å². The molecule has 4 aromatic rings. The van der Waals surface area contributed by atoms with E-state index in [0.717, 1.165) is 11.1 Å². The first-order chi connectivity index (χ1) is 16.0. The largest absolute Gasteiger partial charge is 0.487 e. The highest BCUT2D eigenvalue weighted by atomic mass is 35.5. The van der Waals surface area contributed by atoms with Crippen LogP contribution in [-0.2, 0) is 13.2 Å². The number of aromatic nitrogens is 2. The van der Waals surface area contributed by atoms with Crippen LogP contribution in [0.5, 0.6) is 5.75 Å². The topological polar surface area (TPSA) is 99.3 Å². The third kappa shape index (κ3) is 5.75. The van der Waals surface area contributed by atoms with Crippen molar-refractivity contribution in [1.82, 2.24) is 9.78 Å². The Balaban J connectivity index is 1.32. The zero-order valence-corrected chi connectivity index (χ0v) is 18.1. The first-order valence-corrected chi connectivity index (χ1v) is 10.4. The molecule has 166 valence electrons. The van der Waals surface area contributed by atoms with Crippen LogP contribution in [0.3, 0.4) is 0 Å². The molecule has 0 aliphatic carbocycles. The second-order valence-electron chi connectivity index (χ2n) is 7.22. The number of nitro groups is 1. The second-order valence-corrected chi connectivity index (χ2v) is 7.63. The number of benzene rings is 3. The standard InChI is InChI=1S/C24H19ClN4O4/c25-22-12-21(29(31)32)10-11-23(22)33-16-18-6-8-19(9-7-18)24(30)27-20-13-26-28(15-20)14-17-4-2-1-3-5-17/h1-13,15H,14,16H2,(H,27,30). The molecule has 0 saturated heterocycles. The molecule has 0 saturated carbocycles. The van der Waals surface area contributed by atoms with E-state index < -0.39 is 4.92 Å². The molecule has 33 heavy (non-hydrogen) atoms. The Morgan fingerprint density at radius 3 is 2.52 bits per heavy atom. The van der Waals surface area contributed by atoms with Crippen molar-refractivity contribution in [2.24, 2.45) is 0 Å². The summed E-state index contributed by atoms with van der Waals surface area (Å²) in [7, 11) is 0. The normalized spacial score (nSPS) is 10.6. The molecule has 0 radical (unpaired) electrons. The van der Waals surface area contributed by atoms with Crippen molar-refractivity contribution in [3.05, 3.63) is 117 Å². The lowest BCUT2D eigenvalue weighted by molar-refractivity contribution is -0.384. The SMILES string of the molecule is O=C(Nc1cnn(Cc2ccccc2)c1)c1ccc(COc2ccc([N+](=O)[O-])cc2Cl)cc1. The molecule has 0 aliphatic rings. The number of hydrogen-bond donors (Lipinski definition) is 1. The van der Waals surface area contributed by atoms with Crippen LogP contribution in [0.1, 0.15) is 21.5 Å². The van der Waals surface area contributed by atoms with Gasteiger partial charge in [0.25, 0.3) is 11.6 Å². The summed E-state index contributed by atoms with van der Waals surface area (Å²) in [5.41, 5.74) is 2.93. The fraction of sp³-hybridized carbons (Fsp3) is 0.0833. The number of nitrogens with zero attached hydrogens (tertiary/aromatic N) is 3. The Morgan fingerprint density at radius 1 is 1.06 bits per heavy atom. The number of carbonyl (C=O) groups excluding carboxylic acids is 1. The van der Waals surface area contributed by atoms with Gasteiger partial charge in [-0.3, -0.25) is 19.6 Å². The summed E-state index contributed by atoms with van der Waals surface area (Å²) < 4.78 is 7.40. The van der Waals surface area contributed by atoms with Crippen LogP contribution >= 0.6 is 11.6 Å². The van der Waals surface area contributed by atoms with E-state index in [2.05, 4.69) is 10.4 Å². The summed E-state index contributed by atoms with van der Waals surface area (Å²) in [6, 6.07) is 20.9. The second kappa shape index (κ2) is 9.97. The van der Waals surface area contributed by atoms with E-state index in [1.807, 2.05) is 30.3 Å². The first kappa shape index (κ1) is 22.0. The van der Waals surface area contributed by atoms with Gasteiger partial charge in [0.05, 0.1) is 28.4 Å². The molecule has 0 fully saturated rings. The highest BCUT2D eigenvalue weighted by Crippen LogP contribution is 2.29. The van der Waals surface area contributed by atoms with Gasteiger partial charge in [-0.2, -0.15) is 5.10 Å². The van der Waals surface area contributed by atoms with E-state index in [9.17, 15) is 14.9 Å². The molecule has 1 heterocycles. The van der Waals surface area contributed by atoms with Crippen LogP contribution in [0.2, 0.25) is 5.02 Å². The van der Waals surface area contributed by atoms with Gasteiger partial charge >= 0.3 is 0 Å². The van der Waals surface area contributed by atoms with Crippen molar-refractivity contribution in [2.45, 2.75) is 13.2 Å². The van der Waals surface area contributed by atoms with Gasteiger partial charge in [0.2, 0.25) is 0 Å². The number of hydrogen-bond acceptors (Lipinski definition) is 5. The molecule has 0 spiro atoms. The number of amides is 1. The van der Waals surface area contributed by atoms with Crippen molar-refractivity contribution in [3.8, 4) is 5.75 Å². The summed E-state index contributed by atoms with van der Waals surface area (Å²) in [5, 5.41) is 18.1. The summed E-state index contributed by atoms with van der Waals surface area (Å²) in [5.74, 6) is 0.0942. The van der Waals surface area contributed by atoms with E-state index >= 15 is 0 Å². The fourth-order valence-corrected chi connectivity index (χ4v) is 3.35. The van der Waals surface area contributed by atoms with Gasteiger partial charge in [0.15, 0.2) is 0 Å². The third-order valence-corrected chi connectivity index (χ3v) is 5.11. The predicted molar refractivity (Wildman–Crippen MR) is 125 cm³/mol. The molecule has 9 heteroatoms. The van der Waals surface area contributed by atoms with Gasteiger partial charge in [-0.05, 0) is 29.3 Å². The minimum absolute atomic E-state index is 0.103. The minimum atomic E-state index is -0.520. The lowest BCUT2D eigenvalue weighted by atomic mass is 10.1. The van der Waals surface area contributed by atoms with Gasteiger partial charge < -0.3 is 10.1 Å². The number of non-ortho nitro benzene ring substituents is 1. The van der Waals surface area contributed by atoms with E-state index in [1.54, 1.807) is 41.3 Å². The Morgan fingerprint density at radius 2 is 1.82 bits per heavy atom. The molecular weight excluding hydrogens is 444 g/mol. The monoisotopic (exact) mass is 462 g/mol. The van der Waals surface area contributed by atoms with Crippen LogP contribution in [0, 0.1) is 10.1 Å². The van der Waals surface area contributed by atoms with Gasteiger partial charge in [0, 0.05) is 23.9 Å². The summed E-state index contributed by atoms with van der Waals surface area (Å²) in [6.45, 7) is 0.815. The number of ether oxygens (including phenoxy) is 1.